The Labute approximate surface area is 183 Å². The first-order valence-electron chi connectivity index (χ1n) is 10.1. The molecular formula is C23H20ClFN4O2. The highest BCUT2D eigenvalue weighted by Crippen LogP contribution is 2.54. The van der Waals surface area contributed by atoms with E-state index in [4.69, 9.17) is 11.6 Å². The van der Waals surface area contributed by atoms with Gasteiger partial charge in [-0.25, -0.2) is 9.07 Å². The van der Waals surface area contributed by atoms with Crippen molar-refractivity contribution >= 4 is 34.9 Å². The second kappa shape index (κ2) is 6.92. The lowest BCUT2D eigenvalue weighted by Crippen LogP contribution is -2.47. The molecule has 5 rings (SSSR count). The molecule has 1 atom stereocenters. The topological polar surface area (TPSA) is 67.2 Å². The third-order valence-corrected chi connectivity index (χ3v) is 6.16. The smallest absolute Gasteiger partial charge is 0.242 e. The van der Waals surface area contributed by atoms with Gasteiger partial charge in [0, 0.05) is 18.5 Å². The lowest BCUT2D eigenvalue weighted by molar-refractivity contribution is -0.126. The first-order chi connectivity index (χ1) is 14.8. The highest BCUT2D eigenvalue weighted by molar-refractivity contribution is 6.35. The van der Waals surface area contributed by atoms with Crippen LogP contribution in [0.4, 0.5) is 15.9 Å². The van der Waals surface area contributed by atoms with Crippen molar-refractivity contribution in [2.45, 2.75) is 25.7 Å². The van der Waals surface area contributed by atoms with E-state index in [1.807, 2.05) is 19.9 Å². The Kier molecular flexibility index (Phi) is 4.41. The zero-order valence-corrected chi connectivity index (χ0v) is 17.8. The van der Waals surface area contributed by atoms with Crippen LogP contribution < -0.4 is 10.2 Å². The van der Waals surface area contributed by atoms with Gasteiger partial charge in [0.2, 0.25) is 11.8 Å². The monoisotopic (exact) mass is 438 g/mol. The predicted octanol–water partition coefficient (Wildman–Crippen LogP) is 4.30. The summed E-state index contributed by atoms with van der Waals surface area (Å²) in [4.78, 5) is 28.5. The number of fused-ring (bicyclic) bond motifs is 4. The number of amides is 2. The molecule has 0 radical (unpaired) electrons. The van der Waals surface area contributed by atoms with E-state index in [1.54, 1.807) is 35.4 Å². The highest BCUT2D eigenvalue weighted by Gasteiger charge is 2.57. The third-order valence-electron chi connectivity index (χ3n) is 5.86. The van der Waals surface area contributed by atoms with Crippen LogP contribution in [-0.2, 0) is 15.0 Å². The molecule has 1 spiro atoms. The average Bonchev–Trinajstić information content (AvgIpc) is 3.23. The van der Waals surface area contributed by atoms with Crippen LogP contribution in [0.2, 0.25) is 5.02 Å². The number of nitrogens with one attached hydrogen (secondary N) is 1. The largest absolute Gasteiger partial charge is 0.310 e. The molecule has 0 fully saturated rings. The summed E-state index contributed by atoms with van der Waals surface area (Å²) in [5.74, 6) is -0.221. The number of hydrogen-bond donors (Lipinski definition) is 1. The van der Waals surface area contributed by atoms with Crippen molar-refractivity contribution < 1.29 is 14.0 Å². The van der Waals surface area contributed by atoms with Crippen molar-refractivity contribution in [1.29, 1.82) is 0 Å². The van der Waals surface area contributed by atoms with Gasteiger partial charge in [-0.05, 0) is 41.8 Å². The Morgan fingerprint density at radius 2 is 1.90 bits per heavy atom. The van der Waals surface area contributed by atoms with Crippen molar-refractivity contribution in [3.63, 3.8) is 0 Å². The minimum absolute atomic E-state index is 0.0319. The Morgan fingerprint density at radius 3 is 2.61 bits per heavy atom. The molecule has 3 heterocycles. The minimum Gasteiger partial charge on any atom is -0.310 e. The van der Waals surface area contributed by atoms with Crippen LogP contribution in [0.5, 0.6) is 0 Å². The number of halogens is 2. The molecular weight excluding hydrogens is 419 g/mol. The zero-order chi connectivity index (χ0) is 21.9. The molecule has 0 saturated heterocycles. The van der Waals surface area contributed by atoms with Gasteiger partial charge in [-0.3, -0.25) is 9.59 Å². The van der Waals surface area contributed by atoms with Gasteiger partial charge in [0.25, 0.3) is 0 Å². The van der Waals surface area contributed by atoms with Crippen LogP contribution in [0.15, 0.2) is 48.7 Å². The molecule has 0 aliphatic carbocycles. The van der Waals surface area contributed by atoms with Crippen molar-refractivity contribution in [3.05, 3.63) is 70.6 Å². The molecule has 2 aliphatic heterocycles. The fraction of sp³-hybridized carbons (Fsp3) is 0.261. The van der Waals surface area contributed by atoms with Gasteiger partial charge in [-0.2, -0.15) is 5.10 Å². The number of carbonyl (C=O) groups is 2. The van der Waals surface area contributed by atoms with Crippen molar-refractivity contribution in [1.82, 2.24) is 9.78 Å². The normalized spacial score (nSPS) is 19.7. The van der Waals surface area contributed by atoms with Gasteiger partial charge < -0.3 is 10.2 Å². The van der Waals surface area contributed by atoms with Crippen LogP contribution >= 0.6 is 11.6 Å². The second-order valence-corrected chi connectivity index (χ2v) is 8.78. The molecule has 2 aromatic carbocycles. The van der Waals surface area contributed by atoms with Gasteiger partial charge in [-0.1, -0.05) is 37.6 Å². The molecule has 1 N–H and O–H groups in total. The van der Waals surface area contributed by atoms with Gasteiger partial charge >= 0.3 is 0 Å². The molecule has 0 bridgehead atoms. The number of anilines is 2. The number of hydrogen-bond acceptors (Lipinski definition) is 3. The van der Waals surface area contributed by atoms with E-state index in [0.717, 1.165) is 0 Å². The first kappa shape index (κ1) is 19.8. The molecule has 0 unspecified atom stereocenters. The Hall–Kier alpha value is -3.19. The SMILES string of the molecule is CC(C)CN1C(=O)[C@]2(CC(=O)Nc3c2cnn3-c2ccc(F)cc2)c2cccc(Cl)c21. The Balaban J connectivity index is 1.75. The summed E-state index contributed by atoms with van der Waals surface area (Å²) in [7, 11) is 0. The molecule has 6 nitrogen and oxygen atoms in total. The summed E-state index contributed by atoms with van der Waals surface area (Å²) < 4.78 is 14.9. The minimum atomic E-state index is -1.20. The molecule has 2 aliphatic rings. The van der Waals surface area contributed by atoms with Crippen molar-refractivity contribution in [2.75, 3.05) is 16.8 Å². The predicted molar refractivity (Wildman–Crippen MR) is 116 cm³/mol. The molecule has 158 valence electrons. The lowest BCUT2D eigenvalue weighted by atomic mass is 9.72. The van der Waals surface area contributed by atoms with E-state index >= 15 is 0 Å². The fourth-order valence-corrected chi connectivity index (χ4v) is 4.90. The number of aromatic nitrogens is 2. The Morgan fingerprint density at radius 1 is 1.16 bits per heavy atom. The summed E-state index contributed by atoms with van der Waals surface area (Å²) in [6.07, 6.45) is 1.58. The van der Waals surface area contributed by atoms with E-state index in [2.05, 4.69) is 10.4 Å². The average molecular weight is 439 g/mol. The number of rotatable bonds is 3. The van der Waals surface area contributed by atoms with Gasteiger partial charge in [-0.15, -0.1) is 0 Å². The maximum absolute atomic E-state index is 13.9. The number of nitrogens with zero attached hydrogens (tertiary/aromatic N) is 3. The van der Waals surface area contributed by atoms with Crippen LogP contribution in [-0.4, -0.2) is 28.1 Å². The van der Waals surface area contributed by atoms with Gasteiger partial charge in [0.1, 0.15) is 17.1 Å². The van der Waals surface area contributed by atoms with Crippen molar-refractivity contribution in [3.8, 4) is 5.69 Å². The fourth-order valence-electron chi connectivity index (χ4n) is 4.62. The number of para-hydroxylation sites is 1. The van der Waals surface area contributed by atoms with Crippen LogP contribution in [0.1, 0.15) is 31.4 Å². The third kappa shape index (κ3) is 2.80. The van der Waals surface area contributed by atoms with Crippen LogP contribution in [0, 0.1) is 11.7 Å². The van der Waals surface area contributed by atoms with E-state index in [-0.39, 0.29) is 30.0 Å². The number of carbonyl (C=O) groups excluding carboxylic acids is 2. The van der Waals surface area contributed by atoms with Gasteiger partial charge in [0.15, 0.2) is 0 Å². The molecule has 2 amide bonds. The molecule has 0 saturated carbocycles. The first-order valence-corrected chi connectivity index (χ1v) is 10.5. The van der Waals surface area contributed by atoms with E-state index in [0.29, 0.717) is 39.9 Å². The van der Waals surface area contributed by atoms with E-state index < -0.39 is 5.41 Å². The molecule has 8 heteroatoms. The standard InChI is InChI=1S/C23H20ClFN4O2/c1-13(2)12-28-20-16(4-3-5-18(20)24)23(22(28)31)10-19(30)27-21-17(23)11-26-29(21)15-8-6-14(25)7-9-15/h3-9,11,13H,10,12H2,1-2H3,(H,27,30)/t23-/m1/s1. The van der Waals surface area contributed by atoms with Crippen LogP contribution in [0.25, 0.3) is 5.69 Å². The van der Waals surface area contributed by atoms with E-state index in [1.165, 1.54) is 16.8 Å². The quantitative estimate of drug-likeness (QED) is 0.663. The lowest BCUT2D eigenvalue weighted by Gasteiger charge is -2.32. The maximum Gasteiger partial charge on any atom is 0.242 e. The summed E-state index contributed by atoms with van der Waals surface area (Å²) in [5.41, 5.74) is 1.34. The molecule has 1 aromatic heterocycles. The zero-order valence-electron chi connectivity index (χ0n) is 17.0. The second-order valence-electron chi connectivity index (χ2n) is 8.37. The number of benzene rings is 2. The van der Waals surface area contributed by atoms with Crippen molar-refractivity contribution in [2.24, 2.45) is 5.92 Å². The summed E-state index contributed by atoms with van der Waals surface area (Å²) in [5, 5.41) is 7.77. The van der Waals surface area contributed by atoms with Gasteiger partial charge in [0.05, 0.1) is 22.6 Å². The summed E-state index contributed by atoms with van der Waals surface area (Å²) in [6, 6.07) is 11.2. The summed E-state index contributed by atoms with van der Waals surface area (Å²) >= 11 is 6.54. The molecule has 3 aromatic rings. The van der Waals surface area contributed by atoms with E-state index in [9.17, 15) is 14.0 Å². The summed E-state index contributed by atoms with van der Waals surface area (Å²) in [6.45, 7) is 4.54. The highest BCUT2D eigenvalue weighted by atomic mass is 35.5. The Bertz CT molecular complexity index is 1220. The molecule has 31 heavy (non-hydrogen) atoms. The van der Waals surface area contributed by atoms with Crippen LogP contribution in [0.3, 0.4) is 0 Å². The maximum atomic E-state index is 13.9.